The van der Waals surface area contributed by atoms with Crippen LogP contribution in [0, 0.1) is 5.92 Å². The molecule has 0 spiro atoms. The zero-order valence-corrected chi connectivity index (χ0v) is 12.8. The number of carbonyl (C=O) groups is 1. The van der Waals surface area contributed by atoms with Crippen LogP contribution >= 0.6 is 0 Å². The Hall–Kier alpha value is -1.43. The van der Waals surface area contributed by atoms with E-state index in [1.165, 1.54) is 7.11 Å². The molecule has 2 atom stereocenters. The standard InChI is InChI=1S/C16H23NO4/c1-12(2)14(18)16(15(19)20-3)9-10-17(21-16)11-13-7-5-4-6-8-13/h4-8,12,14,18H,9-11H2,1-3H3/t14-,16-/m1/s1. The van der Waals surface area contributed by atoms with E-state index in [0.29, 0.717) is 19.5 Å². The molecule has 0 unspecified atom stereocenters. The average Bonchev–Trinajstić information content (AvgIpc) is 2.91. The van der Waals surface area contributed by atoms with Gasteiger partial charge in [-0.1, -0.05) is 44.2 Å². The third-order valence-corrected chi connectivity index (χ3v) is 3.87. The fourth-order valence-electron chi connectivity index (χ4n) is 2.68. The minimum atomic E-state index is -1.29. The van der Waals surface area contributed by atoms with Gasteiger partial charge in [-0.25, -0.2) is 4.79 Å². The van der Waals surface area contributed by atoms with Crippen LogP contribution in [0.4, 0.5) is 0 Å². The summed E-state index contributed by atoms with van der Waals surface area (Å²) < 4.78 is 4.86. The summed E-state index contributed by atoms with van der Waals surface area (Å²) in [5.74, 6) is -0.611. The van der Waals surface area contributed by atoms with Gasteiger partial charge in [-0.05, 0) is 11.5 Å². The molecular weight excluding hydrogens is 270 g/mol. The summed E-state index contributed by atoms with van der Waals surface area (Å²) in [6.45, 7) is 4.87. The molecule has 2 rings (SSSR count). The maximum Gasteiger partial charge on any atom is 0.343 e. The van der Waals surface area contributed by atoms with Gasteiger partial charge in [0.25, 0.3) is 0 Å². The first kappa shape index (κ1) is 15.9. The first-order valence-electron chi connectivity index (χ1n) is 7.24. The summed E-state index contributed by atoms with van der Waals surface area (Å²) >= 11 is 0. The van der Waals surface area contributed by atoms with Crippen molar-refractivity contribution in [2.75, 3.05) is 13.7 Å². The molecule has 1 aromatic carbocycles. The number of ether oxygens (including phenoxy) is 1. The fraction of sp³-hybridized carbons (Fsp3) is 0.562. The second-order valence-electron chi connectivity index (χ2n) is 5.76. The molecule has 1 aromatic rings. The molecule has 0 bridgehead atoms. The fourth-order valence-corrected chi connectivity index (χ4v) is 2.68. The Morgan fingerprint density at radius 1 is 1.43 bits per heavy atom. The summed E-state index contributed by atoms with van der Waals surface area (Å²) in [7, 11) is 1.32. The van der Waals surface area contributed by atoms with Gasteiger partial charge in [0.1, 0.15) is 0 Å². The zero-order valence-electron chi connectivity index (χ0n) is 12.8. The number of aliphatic hydroxyl groups excluding tert-OH is 1. The minimum absolute atomic E-state index is 0.0965. The van der Waals surface area contributed by atoms with E-state index in [0.717, 1.165) is 5.56 Å². The van der Waals surface area contributed by atoms with Crippen LogP contribution < -0.4 is 0 Å². The van der Waals surface area contributed by atoms with Gasteiger partial charge in [0.2, 0.25) is 5.60 Å². The highest BCUT2D eigenvalue weighted by atomic mass is 16.7. The maximum atomic E-state index is 12.1. The maximum absolute atomic E-state index is 12.1. The van der Waals surface area contributed by atoms with Crippen molar-refractivity contribution in [2.24, 2.45) is 5.92 Å². The van der Waals surface area contributed by atoms with Crippen LogP contribution in [0.15, 0.2) is 30.3 Å². The van der Waals surface area contributed by atoms with Gasteiger partial charge < -0.3 is 9.84 Å². The van der Waals surface area contributed by atoms with Crippen LogP contribution in [0.2, 0.25) is 0 Å². The van der Waals surface area contributed by atoms with E-state index >= 15 is 0 Å². The third-order valence-electron chi connectivity index (χ3n) is 3.87. The number of hydrogen-bond donors (Lipinski definition) is 1. The van der Waals surface area contributed by atoms with Gasteiger partial charge >= 0.3 is 5.97 Å². The molecular formula is C16H23NO4. The van der Waals surface area contributed by atoms with E-state index < -0.39 is 17.7 Å². The van der Waals surface area contributed by atoms with E-state index in [-0.39, 0.29) is 5.92 Å². The molecule has 0 aromatic heterocycles. The molecule has 0 saturated carbocycles. The van der Waals surface area contributed by atoms with Crippen molar-refractivity contribution in [3.63, 3.8) is 0 Å². The van der Waals surface area contributed by atoms with Gasteiger partial charge in [-0.15, -0.1) is 0 Å². The lowest BCUT2D eigenvalue weighted by Gasteiger charge is -2.33. The molecule has 21 heavy (non-hydrogen) atoms. The quantitative estimate of drug-likeness (QED) is 0.838. The van der Waals surface area contributed by atoms with Crippen LogP contribution in [0.25, 0.3) is 0 Å². The lowest BCUT2D eigenvalue weighted by molar-refractivity contribution is -0.243. The molecule has 116 valence electrons. The molecule has 5 heteroatoms. The first-order chi connectivity index (χ1) is 9.99. The highest BCUT2D eigenvalue weighted by molar-refractivity contribution is 5.80. The molecule has 0 aliphatic carbocycles. The van der Waals surface area contributed by atoms with Crippen molar-refractivity contribution in [2.45, 2.75) is 38.5 Å². The van der Waals surface area contributed by atoms with Crippen LogP contribution in [-0.2, 0) is 20.9 Å². The van der Waals surface area contributed by atoms with Crippen LogP contribution in [0.1, 0.15) is 25.8 Å². The number of rotatable bonds is 5. The SMILES string of the molecule is COC(=O)[C@]1([C@H](O)C(C)C)CCN(Cc2ccccc2)O1. The normalized spacial score (nSPS) is 24.2. The van der Waals surface area contributed by atoms with Gasteiger partial charge in [0.15, 0.2) is 0 Å². The average molecular weight is 293 g/mol. The van der Waals surface area contributed by atoms with Crippen LogP contribution in [0.5, 0.6) is 0 Å². The Bertz CT molecular complexity index is 476. The molecule has 1 fully saturated rings. The summed E-state index contributed by atoms with van der Waals surface area (Å²) in [5.41, 5.74) is -0.199. The van der Waals surface area contributed by atoms with E-state index in [1.54, 1.807) is 5.06 Å². The Kier molecular flexibility index (Phi) is 4.98. The summed E-state index contributed by atoms with van der Waals surface area (Å²) in [6, 6.07) is 9.88. The summed E-state index contributed by atoms with van der Waals surface area (Å²) in [4.78, 5) is 18.0. The lowest BCUT2D eigenvalue weighted by Crippen LogP contribution is -2.53. The van der Waals surface area contributed by atoms with Crippen molar-refractivity contribution in [1.82, 2.24) is 5.06 Å². The number of nitrogens with zero attached hydrogens (tertiary/aromatic N) is 1. The van der Waals surface area contributed by atoms with Crippen molar-refractivity contribution < 1.29 is 19.5 Å². The van der Waals surface area contributed by atoms with E-state index in [1.807, 2.05) is 44.2 Å². The largest absolute Gasteiger partial charge is 0.467 e. The highest BCUT2D eigenvalue weighted by Gasteiger charge is 2.54. The van der Waals surface area contributed by atoms with E-state index in [2.05, 4.69) is 0 Å². The third kappa shape index (κ3) is 3.26. The van der Waals surface area contributed by atoms with Crippen molar-refractivity contribution >= 4 is 5.97 Å². The smallest absolute Gasteiger partial charge is 0.343 e. The minimum Gasteiger partial charge on any atom is -0.467 e. The molecule has 1 N–H and O–H groups in total. The summed E-state index contributed by atoms with van der Waals surface area (Å²) in [6.07, 6.45) is -0.475. The zero-order chi connectivity index (χ0) is 15.5. The molecule has 0 radical (unpaired) electrons. The number of aliphatic hydroxyl groups is 1. The highest BCUT2D eigenvalue weighted by Crippen LogP contribution is 2.34. The summed E-state index contributed by atoms with van der Waals surface area (Å²) in [5, 5.41) is 12.1. The first-order valence-corrected chi connectivity index (χ1v) is 7.24. The predicted molar refractivity (Wildman–Crippen MR) is 78.1 cm³/mol. The Morgan fingerprint density at radius 3 is 2.67 bits per heavy atom. The van der Waals surface area contributed by atoms with Crippen molar-refractivity contribution in [3.8, 4) is 0 Å². The molecule has 5 nitrogen and oxygen atoms in total. The number of hydrogen-bond acceptors (Lipinski definition) is 5. The van der Waals surface area contributed by atoms with E-state index in [9.17, 15) is 9.90 Å². The van der Waals surface area contributed by atoms with Crippen molar-refractivity contribution in [1.29, 1.82) is 0 Å². The lowest BCUT2D eigenvalue weighted by atomic mass is 9.86. The van der Waals surface area contributed by atoms with Crippen LogP contribution in [-0.4, -0.2) is 41.5 Å². The monoisotopic (exact) mass is 293 g/mol. The molecule has 0 amide bonds. The van der Waals surface area contributed by atoms with Crippen molar-refractivity contribution in [3.05, 3.63) is 35.9 Å². The molecule has 1 aliphatic heterocycles. The van der Waals surface area contributed by atoms with Gasteiger partial charge in [-0.3, -0.25) is 4.84 Å². The predicted octanol–water partition coefficient (Wildman–Crippen LogP) is 1.75. The number of methoxy groups -OCH3 is 1. The Labute approximate surface area is 125 Å². The van der Waals surface area contributed by atoms with Gasteiger partial charge in [-0.2, -0.15) is 5.06 Å². The second-order valence-corrected chi connectivity index (χ2v) is 5.76. The molecule has 1 heterocycles. The topological polar surface area (TPSA) is 59.0 Å². The number of hydroxylamine groups is 2. The Morgan fingerprint density at radius 2 is 2.10 bits per heavy atom. The molecule has 1 aliphatic rings. The van der Waals surface area contributed by atoms with Gasteiger partial charge in [0, 0.05) is 19.5 Å². The van der Waals surface area contributed by atoms with Crippen LogP contribution in [0.3, 0.4) is 0 Å². The van der Waals surface area contributed by atoms with E-state index in [4.69, 9.17) is 9.57 Å². The second kappa shape index (κ2) is 6.56. The number of carbonyl (C=O) groups excluding carboxylic acids is 1. The Balaban J connectivity index is 2.13. The van der Waals surface area contributed by atoms with Gasteiger partial charge in [0.05, 0.1) is 13.2 Å². The molecule has 1 saturated heterocycles. The number of benzene rings is 1. The number of esters is 1.